The van der Waals surface area contributed by atoms with Crippen LogP contribution in [0.3, 0.4) is 0 Å². The Bertz CT molecular complexity index is 518. The van der Waals surface area contributed by atoms with Crippen LogP contribution in [0.25, 0.3) is 0 Å². The third-order valence-corrected chi connectivity index (χ3v) is 3.99. The van der Waals surface area contributed by atoms with E-state index in [9.17, 15) is 9.59 Å². The third-order valence-electron chi connectivity index (χ3n) is 3.99. The highest BCUT2D eigenvalue weighted by Gasteiger charge is 2.20. The smallest absolute Gasteiger partial charge is 0.253 e. The number of benzene rings is 1. The molecule has 1 rings (SSSR count). The van der Waals surface area contributed by atoms with Crippen LogP contribution in [0.4, 0.5) is 5.69 Å². The fourth-order valence-corrected chi connectivity index (χ4v) is 2.16. The molecule has 3 N–H and O–H groups in total. The number of hydrogen-bond acceptors (Lipinski definition) is 3. The van der Waals surface area contributed by atoms with Crippen molar-refractivity contribution in [1.29, 1.82) is 0 Å². The van der Waals surface area contributed by atoms with Crippen LogP contribution in [0.2, 0.25) is 0 Å². The van der Waals surface area contributed by atoms with Crippen molar-refractivity contribution in [3.63, 3.8) is 0 Å². The van der Waals surface area contributed by atoms with Crippen LogP contribution in [0.5, 0.6) is 0 Å². The fraction of sp³-hybridized carbons (Fsp3) is 0.529. The standard InChI is InChI=1S/C17H27N3O2.ClH/c1-5-12(4)15(18)16(21)19-14-10-8-9-13(11-14)17(22)20(6-2)7-3;/h8-12,15H,5-7,18H2,1-4H3,(H,19,21);1H. The predicted octanol–water partition coefficient (Wildman–Crippen LogP) is 2.90. The molecule has 0 fully saturated rings. The van der Waals surface area contributed by atoms with Gasteiger partial charge in [0, 0.05) is 24.3 Å². The van der Waals surface area contributed by atoms with Crippen molar-refractivity contribution in [3.05, 3.63) is 29.8 Å². The summed E-state index contributed by atoms with van der Waals surface area (Å²) in [5.41, 5.74) is 7.09. The van der Waals surface area contributed by atoms with Crippen molar-refractivity contribution in [2.75, 3.05) is 18.4 Å². The maximum Gasteiger partial charge on any atom is 0.253 e. The van der Waals surface area contributed by atoms with Crippen molar-refractivity contribution < 1.29 is 9.59 Å². The Balaban J connectivity index is 0.00000484. The molecule has 0 heterocycles. The summed E-state index contributed by atoms with van der Waals surface area (Å²) in [6.07, 6.45) is 0.842. The molecule has 0 bridgehead atoms. The minimum absolute atomic E-state index is 0. The first-order valence-corrected chi connectivity index (χ1v) is 7.90. The molecule has 0 aromatic heterocycles. The number of anilines is 1. The Morgan fingerprint density at radius 2 is 1.83 bits per heavy atom. The first kappa shape index (κ1) is 21.4. The summed E-state index contributed by atoms with van der Waals surface area (Å²) in [7, 11) is 0. The van der Waals surface area contributed by atoms with Gasteiger partial charge in [0.15, 0.2) is 0 Å². The van der Waals surface area contributed by atoms with E-state index in [1.807, 2.05) is 27.7 Å². The second kappa shape index (κ2) is 10.2. The largest absolute Gasteiger partial charge is 0.339 e. The molecule has 0 aliphatic heterocycles. The summed E-state index contributed by atoms with van der Waals surface area (Å²) in [6.45, 7) is 9.15. The molecule has 2 unspecified atom stereocenters. The zero-order valence-corrected chi connectivity index (χ0v) is 15.2. The van der Waals surface area contributed by atoms with Crippen molar-refractivity contribution in [3.8, 4) is 0 Å². The van der Waals surface area contributed by atoms with E-state index in [0.29, 0.717) is 24.3 Å². The van der Waals surface area contributed by atoms with Crippen LogP contribution < -0.4 is 11.1 Å². The molecule has 130 valence electrons. The Labute approximate surface area is 145 Å². The van der Waals surface area contributed by atoms with Crippen LogP contribution in [0, 0.1) is 5.92 Å². The van der Waals surface area contributed by atoms with Crippen molar-refractivity contribution >= 4 is 29.9 Å². The molecule has 0 aliphatic rings. The number of halogens is 1. The van der Waals surface area contributed by atoms with Gasteiger partial charge in [-0.25, -0.2) is 0 Å². The maximum absolute atomic E-state index is 12.3. The molecule has 0 aliphatic carbocycles. The van der Waals surface area contributed by atoms with Gasteiger partial charge in [0.25, 0.3) is 5.91 Å². The normalized spacial score (nSPS) is 12.7. The van der Waals surface area contributed by atoms with E-state index in [2.05, 4.69) is 5.32 Å². The molecule has 6 heteroatoms. The van der Waals surface area contributed by atoms with Crippen LogP contribution in [-0.2, 0) is 4.79 Å². The molecule has 5 nitrogen and oxygen atoms in total. The highest BCUT2D eigenvalue weighted by Crippen LogP contribution is 2.14. The highest BCUT2D eigenvalue weighted by molar-refractivity contribution is 5.98. The summed E-state index contributed by atoms with van der Waals surface area (Å²) in [4.78, 5) is 26.2. The minimum atomic E-state index is -0.549. The number of amides is 2. The van der Waals surface area contributed by atoms with E-state index in [4.69, 9.17) is 5.73 Å². The van der Waals surface area contributed by atoms with E-state index < -0.39 is 6.04 Å². The van der Waals surface area contributed by atoms with Gasteiger partial charge >= 0.3 is 0 Å². The molecule has 2 amide bonds. The molecular formula is C17H28ClN3O2. The summed E-state index contributed by atoms with van der Waals surface area (Å²) in [5.74, 6) is -0.144. The topological polar surface area (TPSA) is 75.4 Å². The van der Waals surface area contributed by atoms with Gasteiger partial charge in [-0.3, -0.25) is 9.59 Å². The Morgan fingerprint density at radius 3 is 2.35 bits per heavy atom. The number of nitrogens with one attached hydrogen (secondary N) is 1. The van der Waals surface area contributed by atoms with Crippen molar-refractivity contribution in [2.45, 2.75) is 40.2 Å². The first-order chi connectivity index (χ1) is 10.4. The summed E-state index contributed by atoms with van der Waals surface area (Å²) >= 11 is 0. The Morgan fingerprint density at radius 1 is 1.22 bits per heavy atom. The van der Waals surface area contributed by atoms with E-state index in [1.54, 1.807) is 29.2 Å². The average Bonchev–Trinajstić information content (AvgIpc) is 2.54. The van der Waals surface area contributed by atoms with Crippen molar-refractivity contribution in [2.24, 2.45) is 11.7 Å². The van der Waals surface area contributed by atoms with Crippen LogP contribution in [0.1, 0.15) is 44.5 Å². The van der Waals surface area contributed by atoms with E-state index in [0.717, 1.165) is 6.42 Å². The Hall–Kier alpha value is -1.59. The summed E-state index contributed by atoms with van der Waals surface area (Å²) in [5, 5.41) is 2.79. The van der Waals surface area contributed by atoms with Crippen LogP contribution >= 0.6 is 12.4 Å². The van der Waals surface area contributed by atoms with E-state index >= 15 is 0 Å². The summed E-state index contributed by atoms with van der Waals surface area (Å²) in [6, 6.07) is 6.43. The number of nitrogens with zero attached hydrogens (tertiary/aromatic N) is 1. The first-order valence-electron chi connectivity index (χ1n) is 7.90. The van der Waals surface area contributed by atoms with Gasteiger partial charge in [0.05, 0.1) is 6.04 Å². The Kier molecular flexibility index (Phi) is 9.53. The zero-order valence-electron chi connectivity index (χ0n) is 14.3. The lowest BCUT2D eigenvalue weighted by Gasteiger charge is -2.20. The third kappa shape index (κ3) is 5.84. The molecule has 0 saturated heterocycles. The van der Waals surface area contributed by atoms with E-state index in [-0.39, 0.29) is 30.1 Å². The summed E-state index contributed by atoms with van der Waals surface area (Å²) < 4.78 is 0. The predicted molar refractivity (Wildman–Crippen MR) is 97.0 cm³/mol. The van der Waals surface area contributed by atoms with Gasteiger partial charge in [0.2, 0.25) is 5.91 Å². The van der Waals surface area contributed by atoms with Crippen LogP contribution in [-0.4, -0.2) is 35.8 Å². The highest BCUT2D eigenvalue weighted by atomic mass is 35.5. The van der Waals surface area contributed by atoms with Crippen molar-refractivity contribution in [1.82, 2.24) is 4.90 Å². The van der Waals surface area contributed by atoms with Gasteiger partial charge in [0.1, 0.15) is 0 Å². The number of hydrogen-bond donors (Lipinski definition) is 2. The molecule has 0 radical (unpaired) electrons. The lowest BCUT2D eigenvalue weighted by atomic mass is 9.99. The van der Waals surface area contributed by atoms with E-state index in [1.165, 1.54) is 0 Å². The maximum atomic E-state index is 12.3. The zero-order chi connectivity index (χ0) is 16.7. The van der Waals surface area contributed by atoms with Gasteiger partial charge in [-0.05, 0) is 38.0 Å². The number of nitrogens with two attached hydrogens (primary N) is 1. The molecule has 0 saturated carbocycles. The minimum Gasteiger partial charge on any atom is -0.339 e. The molecule has 2 atom stereocenters. The monoisotopic (exact) mass is 341 g/mol. The molecule has 1 aromatic rings. The van der Waals surface area contributed by atoms with Crippen LogP contribution in [0.15, 0.2) is 24.3 Å². The second-order valence-electron chi connectivity index (χ2n) is 5.46. The average molecular weight is 342 g/mol. The SMILES string of the molecule is CCC(C)C(N)C(=O)Nc1cccc(C(=O)N(CC)CC)c1.Cl. The molecule has 23 heavy (non-hydrogen) atoms. The van der Waals surface area contributed by atoms with Gasteiger partial charge < -0.3 is 16.0 Å². The second-order valence-corrected chi connectivity index (χ2v) is 5.46. The lowest BCUT2D eigenvalue weighted by molar-refractivity contribution is -0.118. The van der Waals surface area contributed by atoms with Gasteiger partial charge in [-0.1, -0.05) is 26.3 Å². The molecule has 1 aromatic carbocycles. The molecule has 0 spiro atoms. The number of carbonyl (C=O) groups is 2. The van der Waals surface area contributed by atoms with Gasteiger partial charge in [-0.2, -0.15) is 0 Å². The fourth-order valence-electron chi connectivity index (χ4n) is 2.16. The quantitative estimate of drug-likeness (QED) is 0.800. The molecular weight excluding hydrogens is 314 g/mol. The van der Waals surface area contributed by atoms with Gasteiger partial charge in [-0.15, -0.1) is 12.4 Å². The number of rotatable bonds is 7. The lowest BCUT2D eigenvalue weighted by Crippen LogP contribution is -2.40. The number of carbonyl (C=O) groups excluding carboxylic acids is 2.